The Balaban J connectivity index is 1.22. The number of hydrogen-bond acceptors (Lipinski definition) is 5. The highest BCUT2D eigenvalue weighted by Crippen LogP contribution is 2.62. The first-order valence-corrected chi connectivity index (χ1v) is 17.3. The van der Waals surface area contributed by atoms with Crippen LogP contribution >= 0.6 is 23.1 Å². The highest BCUT2D eigenvalue weighted by atomic mass is 32.2. The number of thiophene rings is 1. The number of hydrogen-bond donors (Lipinski definition) is 0. The molecule has 2 aromatic heterocycles. The summed E-state index contributed by atoms with van der Waals surface area (Å²) in [4.78, 5) is 18.6. The Morgan fingerprint density at radius 2 is 0.957 bits per heavy atom. The molecular weight excluding hydrogens is 611 g/mol. The maximum atomic E-state index is 5.04. The lowest BCUT2D eigenvalue weighted by Gasteiger charge is -2.39. The molecule has 1 aliphatic carbocycles. The Bertz CT molecular complexity index is 2400. The van der Waals surface area contributed by atoms with Crippen LogP contribution in [0, 0.1) is 0 Å². The van der Waals surface area contributed by atoms with E-state index in [1.54, 1.807) is 11.3 Å². The molecule has 0 fully saturated rings. The molecule has 0 bridgehead atoms. The Hall–Kier alpha value is -5.36. The third-order valence-electron chi connectivity index (χ3n) is 9.40. The van der Waals surface area contributed by atoms with E-state index in [9.17, 15) is 0 Å². The highest BCUT2D eigenvalue weighted by molar-refractivity contribution is 7.99. The van der Waals surface area contributed by atoms with Gasteiger partial charge in [0.05, 0.1) is 10.3 Å². The first kappa shape index (κ1) is 26.8. The van der Waals surface area contributed by atoms with Gasteiger partial charge in [0.2, 0.25) is 0 Å². The molecule has 0 amide bonds. The van der Waals surface area contributed by atoms with Crippen molar-refractivity contribution in [2.24, 2.45) is 0 Å². The minimum absolute atomic E-state index is 0.392. The SMILES string of the molecule is c1ccc(-c2nc(-c3ccccc3)nc(-c3cc4cc5c(cc4s3)C3(c4ccccc4Sc4ccccc43)c3ccccc3-5)n2)cc1. The highest BCUT2D eigenvalue weighted by Gasteiger charge is 2.50. The average Bonchev–Trinajstić information content (AvgIpc) is 3.69. The van der Waals surface area contributed by atoms with E-state index in [-0.39, 0.29) is 0 Å². The van der Waals surface area contributed by atoms with Gasteiger partial charge >= 0.3 is 0 Å². The number of fused-ring (bicyclic) bond motifs is 10. The first-order valence-electron chi connectivity index (χ1n) is 15.7. The van der Waals surface area contributed by atoms with E-state index in [4.69, 9.17) is 15.0 Å². The largest absolute Gasteiger partial charge is 0.208 e. The summed E-state index contributed by atoms with van der Waals surface area (Å²) in [6, 6.07) is 54.3. The third-order valence-corrected chi connectivity index (χ3v) is 11.6. The second-order valence-electron chi connectivity index (χ2n) is 12.0. The molecule has 1 spiro atoms. The Morgan fingerprint density at radius 1 is 0.426 bits per heavy atom. The molecule has 0 N–H and O–H groups in total. The van der Waals surface area contributed by atoms with E-state index < -0.39 is 5.41 Å². The molecule has 10 rings (SSSR count). The minimum Gasteiger partial charge on any atom is -0.208 e. The second-order valence-corrected chi connectivity index (χ2v) is 14.1. The molecule has 0 saturated heterocycles. The molecule has 0 radical (unpaired) electrons. The fraction of sp³-hybridized carbons (Fsp3) is 0.0238. The monoisotopic (exact) mass is 635 g/mol. The van der Waals surface area contributed by atoms with Crippen molar-refractivity contribution in [1.82, 2.24) is 15.0 Å². The van der Waals surface area contributed by atoms with Crippen LogP contribution in [0.3, 0.4) is 0 Å². The van der Waals surface area contributed by atoms with Crippen molar-refractivity contribution >= 4 is 33.2 Å². The maximum Gasteiger partial charge on any atom is 0.174 e. The zero-order valence-corrected chi connectivity index (χ0v) is 26.7. The predicted octanol–water partition coefficient (Wildman–Crippen LogP) is 10.9. The van der Waals surface area contributed by atoms with E-state index in [2.05, 4.69) is 115 Å². The minimum atomic E-state index is -0.392. The van der Waals surface area contributed by atoms with Gasteiger partial charge in [-0.25, -0.2) is 15.0 Å². The topological polar surface area (TPSA) is 38.7 Å². The number of rotatable bonds is 3. The summed E-state index contributed by atoms with van der Waals surface area (Å²) in [7, 11) is 0. The van der Waals surface area contributed by atoms with Gasteiger partial charge in [0.1, 0.15) is 0 Å². The van der Waals surface area contributed by atoms with Crippen LogP contribution in [0.4, 0.5) is 0 Å². The second kappa shape index (κ2) is 10.3. The van der Waals surface area contributed by atoms with Gasteiger partial charge < -0.3 is 0 Å². The predicted molar refractivity (Wildman–Crippen MR) is 193 cm³/mol. The van der Waals surface area contributed by atoms with Crippen LogP contribution in [0.15, 0.2) is 161 Å². The lowest BCUT2D eigenvalue weighted by molar-refractivity contribution is 0.723. The normalized spacial score (nSPS) is 13.6. The molecule has 1 aliphatic heterocycles. The summed E-state index contributed by atoms with van der Waals surface area (Å²) in [5, 5.41) is 1.20. The van der Waals surface area contributed by atoms with Gasteiger partial charge in [-0.15, -0.1) is 11.3 Å². The summed E-state index contributed by atoms with van der Waals surface area (Å²) in [5.41, 5.74) is 9.53. The zero-order valence-electron chi connectivity index (χ0n) is 25.1. The molecule has 2 aliphatic rings. The van der Waals surface area contributed by atoms with E-state index >= 15 is 0 Å². The van der Waals surface area contributed by atoms with Crippen molar-refractivity contribution in [2.75, 3.05) is 0 Å². The fourth-order valence-electron chi connectivity index (χ4n) is 7.41. The molecule has 0 unspecified atom stereocenters. The van der Waals surface area contributed by atoms with Crippen LogP contribution in [0.25, 0.3) is 54.7 Å². The van der Waals surface area contributed by atoms with Gasteiger partial charge in [-0.3, -0.25) is 0 Å². The molecule has 3 heterocycles. The Morgan fingerprint density at radius 3 is 1.60 bits per heavy atom. The van der Waals surface area contributed by atoms with Gasteiger partial charge in [0.25, 0.3) is 0 Å². The van der Waals surface area contributed by atoms with Gasteiger partial charge in [0, 0.05) is 25.6 Å². The van der Waals surface area contributed by atoms with E-state index in [0.29, 0.717) is 17.5 Å². The van der Waals surface area contributed by atoms with Crippen LogP contribution in [-0.2, 0) is 5.41 Å². The van der Waals surface area contributed by atoms with E-state index in [0.717, 1.165) is 16.0 Å². The van der Waals surface area contributed by atoms with Crippen LogP contribution in [0.5, 0.6) is 0 Å². The van der Waals surface area contributed by atoms with Crippen LogP contribution < -0.4 is 0 Å². The standard InChI is InChI=1S/C42H25N3S2/c1-3-13-26(14-4-1)39-43-40(27-15-5-2-6-16-27)45-41(44-39)38-24-28-23-30-29-17-7-8-18-31(29)42(34(30)25-37(28)47-38)32-19-9-11-21-35(32)46-36-22-12-10-20-33(36)42/h1-25H. The molecule has 8 aromatic rings. The first-order chi connectivity index (χ1) is 23.3. The van der Waals surface area contributed by atoms with Crippen LogP contribution in [0.2, 0.25) is 0 Å². The van der Waals surface area contributed by atoms with Crippen molar-refractivity contribution in [2.45, 2.75) is 15.2 Å². The summed E-state index contributed by atoms with van der Waals surface area (Å²) < 4.78 is 1.22. The molecule has 6 aromatic carbocycles. The van der Waals surface area contributed by atoms with Crippen LogP contribution in [0.1, 0.15) is 22.3 Å². The molecule has 5 heteroatoms. The Labute approximate surface area is 280 Å². The van der Waals surface area contributed by atoms with Crippen molar-refractivity contribution in [3.8, 4) is 44.6 Å². The zero-order chi connectivity index (χ0) is 31.0. The number of aromatic nitrogens is 3. The van der Waals surface area contributed by atoms with Crippen LogP contribution in [-0.4, -0.2) is 15.0 Å². The summed E-state index contributed by atoms with van der Waals surface area (Å²) in [6.07, 6.45) is 0. The Kier molecular flexibility index (Phi) is 5.89. The van der Waals surface area contributed by atoms with Gasteiger partial charge in [-0.05, 0) is 69.1 Å². The van der Waals surface area contributed by atoms with E-state index in [1.807, 2.05) is 48.2 Å². The molecule has 0 atom stereocenters. The van der Waals surface area contributed by atoms with Gasteiger partial charge in [-0.1, -0.05) is 133 Å². The molecule has 47 heavy (non-hydrogen) atoms. The number of benzene rings is 6. The molecule has 3 nitrogen and oxygen atoms in total. The van der Waals surface area contributed by atoms with Crippen molar-refractivity contribution < 1.29 is 0 Å². The van der Waals surface area contributed by atoms with Gasteiger partial charge in [-0.2, -0.15) is 0 Å². The summed E-state index contributed by atoms with van der Waals surface area (Å²) >= 11 is 3.63. The average molecular weight is 636 g/mol. The lowest BCUT2D eigenvalue weighted by Crippen LogP contribution is -2.31. The maximum absolute atomic E-state index is 5.04. The molecule has 0 saturated carbocycles. The van der Waals surface area contributed by atoms with Crippen molar-refractivity contribution in [1.29, 1.82) is 0 Å². The van der Waals surface area contributed by atoms with Crippen molar-refractivity contribution in [3.63, 3.8) is 0 Å². The lowest BCUT2D eigenvalue weighted by atomic mass is 9.67. The smallest absolute Gasteiger partial charge is 0.174 e. The molecular formula is C42H25N3S2. The quantitative estimate of drug-likeness (QED) is 0.194. The van der Waals surface area contributed by atoms with E-state index in [1.165, 1.54) is 53.3 Å². The molecule has 220 valence electrons. The van der Waals surface area contributed by atoms with Crippen molar-refractivity contribution in [3.05, 3.63) is 174 Å². The summed E-state index contributed by atoms with van der Waals surface area (Å²) in [6.45, 7) is 0. The van der Waals surface area contributed by atoms with Gasteiger partial charge in [0.15, 0.2) is 17.5 Å². The summed E-state index contributed by atoms with van der Waals surface area (Å²) in [5.74, 6) is 2.05. The third kappa shape index (κ3) is 3.97. The fourth-order valence-corrected chi connectivity index (χ4v) is 9.62. The number of nitrogens with zero attached hydrogens (tertiary/aromatic N) is 3.